The number of aromatic nitrogens is 1. The van der Waals surface area contributed by atoms with Crippen molar-refractivity contribution in [3.8, 4) is 11.5 Å². The number of hydrogen-bond acceptors (Lipinski definition) is 5. The summed E-state index contributed by atoms with van der Waals surface area (Å²) in [5.41, 5.74) is -0.0237. The van der Waals surface area contributed by atoms with Gasteiger partial charge in [-0.05, 0) is 36.4 Å². The van der Waals surface area contributed by atoms with Gasteiger partial charge in [-0.2, -0.15) is 0 Å². The first-order valence-corrected chi connectivity index (χ1v) is 9.16. The van der Waals surface area contributed by atoms with Crippen LogP contribution in [0, 0.1) is 0 Å². The fraction of sp³-hybridized carbons (Fsp3) is 0.238. The number of carbonyl (C=O) groups excluding carboxylic acids is 1. The second-order valence-electron chi connectivity index (χ2n) is 6.50. The van der Waals surface area contributed by atoms with E-state index in [1.165, 1.54) is 7.11 Å². The standard InChI is InChI=1S/C21H19ClN2O4/c1-26-15-5-3-13-11-23-12-18(16(13)10-15)24-20(25)21(27-2)7-8-28-19-6-4-14(22)9-17(19)21/h3-6,9-12H,7-8H2,1-2H3,(H,24,25)/t21-/m0/s1. The van der Waals surface area contributed by atoms with Gasteiger partial charge in [0, 0.05) is 41.1 Å². The molecule has 1 aliphatic rings. The molecule has 0 fully saturated rings. The van der Waals surface area contributed by atoms with E-state index >= 15 is 0 Å². The third kappa shape index (κ3) is 3.04. The molecule has 4 rings (SSSR count). The molecule has 0 aliphatic carbocycles. The zero-order valence-corrected chi connectivity index (χ0v) is 16.2. The molecule has 6 nitrogen and oxygen atoms in total. The maximum absolute atomic E-state index is 13.4. The molecular formula is C21H19ClN2O4. The first kappa shape index (κ1) is 18.5. The number of rotatable bonds is 4. The van der Waals surface area contributed by atoms with Crippen molar-refractivity contribution in [2.45, 2.75) is 12.0 Å². The minimum atomic E-state index is -1.21. The number of nitrogens with one attached hydrogen (secondary N) is 1. The number of amides is 1. The van der Waals surface area contributed by atoms with Gasteiger partial charge < -0.3 is 19.5 Å². The van der Waals surface area contributed by atoms with Crippen LogP contribution in [0.3, 0.4) is 0 Å². The van der Waals surface area contributed by atoms with Crippen molar-refractivity contribution in [3.63, 3.8) is 0 Å². The minimum absolute atomic E-state index is 0.307. The second-order valence-corrected chi connectivity index (χ2v) is 6.93. The Hall–Kier alpha value is -2.83. The van der Waals surface area contributed by atoms with Gasteiger partial charge in [0.15, 0.2) is 5.60 Å². The monoisotopic (exact) mass is 398 g/mol. The van der Waals surface area contributed by atoms with Gasteiger partial charge >= 0.3 is 0 Å². The molecule has 1 atom stereocenters. The summed E-state index contributed by atoms with van der Waals surface area (Å²) in [5, 5.41) is 5.20. The van der Waals surface area contributed by atoms with E-state index in [2.05, 4.69) is 10.3 Å². The van der Waals surface area contributed by atoms with E-state index in [1.54, 1.807) is 37.7 Å². The van der Waals surface area contributed by atoms with Crippen LogP contribution >= 0.6 is 11.6 Å². The fourth-order valence-electron chi connectivity index (χ4n) is 3.52. The van der Waals surface area contributed by atoms with E-state index in [0.717, 1.165) is 10.8 Å². The molecule has 1 N–H and O–H groups in total. The van der Waals surface area contributed by atoms with E-state index in [-0.39, 0.29) is 5.91 Å². The quantitative estimate of drug-likeness (QED) is 0.714. The summed E-state index contributed by atoms with van der Waals surface area (Å²) in [6.45, 7) is 0.359. The molecule has 0 radical (unpaired) electrons. The van der Waals surface area contributed by atoms with E-state index in [4.69, 9.17) is 25.8 Å². The topological polar surface area (TPSA) is 69.7 Å². The van der Waals surface area contributed by atoms with E-state index in [1.807, 2.05) is 18.2 Å². The summed E-state index contributed by atoms with van der Waals surface area (Å²) < 4.78 is 16.8. The number of hydrogen-bond donors (Lipinski definition) is 1. The lowest BCUT2D eigenvalue weighted by Gasteiger charge is -2.36. The first-order chi connectivity index (χ1) is 13.6. The Morgan fingerprint density at radius 1 is 1.21 bits per heavy atom. The van der Waals surface area contributed by atoms with Crippen LogP contribution in [0.2, 0.25) is 5.02 Å². The minimum Gasteiger partial charge on any atom is -0.497 e. The van der Waals surface area contributed by atoms with Crippen molar-refractivity contribution >= 4 is 34.0 Å². The first-order valence-electron chi connectivity index (χ1n) is 8.78. The second kappa shape index (κ2) is 7.30. The number of fused-ring (bicyclic) bond motifs is 2. The lowest BCUT2D eigenvalue weighted by molar-refractivity contribution is -0.142. The Labute approximate surface area is 167 Å². The third-order valence-electron chi connectivity index (χ3n) is 5.02. The Morgan fingerprint density at radius 2 is 2.07 bits per heavy atom. The molecule has 1 aromatic heterocycles. The predicted octanol–water partition coefficient (Wildman–Crippen LogP) is 4.16. The lowest BCUT2D eigenvalue weighted by Crippen LogP contribution is -2.45. The van der Waals surface area contributed by atoms with Crippen LogP contribution in [0.1, 0.15) is 12.0 Å². The number of nitrogens with zero attached hydrogens (tertiary/aromatic N) is 1. The summed E-state index contributed by atoms with van der Waals surface area (Å²) >= 11 is 6.17. The molecule has 2 aromatic carbocycles. The Bertz CT molecular complexity index is 1060. The molecule has 0 spiro atoms. The van der Waals surface area contributed by atoms with Gasteiger partial charge in [0.25, 0.3) is 5.91 Å². The van der Waals surface area contributed by atoms with Crippen LogP contribution in [-0.4, -0.2) is 31.7 Å². The van der Waals surface area contributed by atoms with Gasteiger partial charge in [0.05, 0.1) is 25.6 Å². The summed E-state index contributed by atoms with van der Waals surface area (Å²) in [7, 11) is 3.11. The summed E-state index contributed by atoms with van der Waals surface area (Å²) in [6, 6.07) is 10.8. The average Bonchev–Trinajstić information content (AvgIpc) is 2.73. The van der Waals surface area contributed by atoms with Gasteiger partial charge in [0.1, 0.15) is 11.5 Å². The molecule has 28 heavy (non-hydrogen) atoms. The number of pyridine rings is 1. The van der Waals surface area contributed by atoms with Gasteiger partial charge in [-0.15, -0.1) is 0 Å². The van der Waals surface area contributed by atoms with Crippen molar-refractivity contribution in [2.24, 2.45) is 0 Å². The molecule has 7 heteroatoms. The van der Waals surface area contributed by atoms with Crippen LogP contribution in [0.15, 0.2) is 48.8 Å². The van der Waals surface area contributed by atoms with Crippen molar-refractivity contribution in [3.05, 3.63) is 59.4 Å². The van der Waals surface area contributed by atoms with Crippen LogP contribution < -0.4 is 14.8 Å². The maximum Gasteiger partial charge on any atom is 0.261 e. The molecular weight excluding hydrogens is 380 g/mol. The van der Waals surface area contributed by atoms with E-state index < -0.39 is 5.60 Å². The smallest absolute Gasteiger partial charge is 0.261 e. The molecule has 0 saturated heterocycles. The number of anilines is 1. The highest BCUT2D eigenvalue weighted by atomic mass is 35.5. The molecule has 1 amide bonds. The van der Waals surface area contributed by atoms with Crippen LogP contribution in [0.25, 0.3) is 10.8 Å². The summed E-state index contributed by atoms with van der Waals surface area (Å²) in [5.74, 6) is 0.975. The molecule has 144 valence electrons. The average molecular weight is 399 g/mol. The highest BCUT2D eigenvalue weighted by Gasteiger charge is 2.45. The Kier molecular flexibility index (Phi) is 4.83. The number of carbonyl (C=O) groups is 1. The van der Waals surface area contributed by atoms with Crippen LogP contribution in [0.4, 0.5) is 5.69 Å². The number of ether oxygens (including phenoxy) is 3. The number of methoxy groups -OCH3 is 2. The lowest BCUT2D eigenvalue weighted by atomic mass is 9.86. The molecule has 1 aliphatic heterocycles. The molecule has 3 aromatic rings. The van der Waals surface area contributed by atoms with Crippen molar-refractivity contribution < 1.29 is 19.0 Å². The Balaban J connectivity index is 1.76. The molecule has 2 heterocycles. The fourth-order valence-corrected chi connectivity index (χ4v) is 3.69. The summed E-state index contributed by atoms with van der Waals surface area (Å²) in [6.07, 6.45) is 3.71. The van der Waals surface area contributed by atoms with Crippen LogP contribution in [0.5, 0.6) is 11.5 Å². The Morgan fingerprint density at radius 3 is 2.86 bits per heavy atom. The zero-order chi connectivity index (χ0) is 19.7. The maximum atomic E-state index is 13.4. The highest BCUT2D eigenvalue weighted by Crippen LogP contribution is 2.42. The molecule has 0 bridgehead atoms. The van der Waals surface area contributed by atoms with Gasteiger partial charge in [-0.3, -0.25) is 9.78 Å². The van der Waals surface area contributed by atoms with Crippen molar-refractivity contribution in [1.29, 1.82) is 0 Å². The van der Waals surface area contributed by atoms with E-state index in [0.29, 0.717) is 40.8 Å². The van der Waals surface area contributed by atoms with Crippen LogP contribution in [-0.2, 0) is 15.1 Å². The van der Waals surface area contributed by atoms with Gasteiger partial charge in [-0.25, -0.2) is 0 Å². The SMILES string of the molecule is COc1ccc2cncc(NC(=O)[C@]3(OC)CCOc4ccc(Cl)cc43)c2c1. The normalized spacial score (nSPS) is 18.2. The van der Waals surface area contributed by atoms with Crippen molar-refractivity contribution in [2.75, 3.05) is 26.1 Å². The molecule has 0 unspecified atom stereocenters. The van der Waals surface area contributed by atoms with E-state index in [9.17, 15) is 4.79 Å². The van der Waals surface area contributed by atoms with Gasteiger partial charge in [0.2, 0.25) is 0 Å². The third-order valence-corrected chi connectivity index (χ3v) is 5.25. The number of benzene rings is 2. The predicted molar refractivity (Wildman–Crippen MR) is 107 cm³/mol. The summed E-state index contributed by atoms with van der Waals surface area (Å²) in [4.78, 5) is 17.6. The van der Waals surface area contributed by atoms with Crippen molar-refractivity contribution in [1.82, 2.24) is 4.98 Å². The zero-order valence-electron chi connectivity index (χ0n) is 15.5. The number of halogens is 1. The largest absolute Gasteiger partial charge is 0.497 e. The molecule has 0 saturated carbocycles. The highest BCUT2D eigenvalue weighted by molar-refractivity contribution is 6.30. The van der Waals surface area contributed by atoms with Gasteiger partial charge in [-0.1, -0.05) is 11.6 Å².